The zero-order chi connectivity index (χ0) is 25.3. The molecule has 0 radical (unpaired) electrons. The molecule has 35 heavy (non-hydrogen) atoms. The summed E-state index contributed by atoms with van der Waals surface area (Å²) >= 11 is 5.18. The smallest absolute Gasteiger partial charge is 0.363 e. The molecule has 0 spiro atoms. The Morgan fingerprint density at radius 3 is 2.49 bits per heavy atom. The summed E-state index contributed by atoms with van der Waals surface area (Å²) in [4.78, 5) is 12.6. The molecule has 0 bridgehead atoms. The van der Waals surface area contributed by atoms with Crippen molar-refractivity contribution in [2.75, 3.05) is 10.6 Å². The Balaban J connectivity index is 1.50. The third kappa shape index (κ3) is 5.40. The number of aromatic nitrogens is 2. The second-order valence-corrected chi connectivity index (χ2v) is 8.95. The number of halogens is 3. The van der Waals surface area contributed by atoms with Crippen molar-refractivity contribution in [2.24, 2.45) is 0 Å². The molecule has 7 nitrogen and oxygen atoms in total. The quantitative estimate of drug-likeness (QED) is 0.295. The molecule has 184 valence electrons. The van der Waals surface area contributed by atoms with Crippen molar-refractivity contribution < 1.29 is 18.0 Å². The maximum absolute atomic E-state index is 13.9. The van der Waals surface area contributed by atoms with Gasteiger partial charge in [0.25, 0.3) is 5.91 Å². The Labute approximate surface area is 206 Å². The van der Waals surface area contributed by atoms with Crippen molar-refractivity contribution in [1.29, 1.82) is 0 Å². The lowest BCUT2D eigenvalue weighted by atomic mass is 9.94. The lowest BCUT2D eigenvalue weighted by molar-refractivity contribution is -0.173. The molecule has 0 aliphatic carbocycles. The van der Waals surface area contributed by atoms with Crippen LogP contribution in [0.3, 0.4) is 0 Å². The molecule has 1 aliphatic heterocycles. The van der Waals surface area contributed by atoms with Crippen LogP contribution in [0.15, 0.2) is 48.5 Å². The molecule has 0 saturated heterocycles. The third-order valence-corrected chi connectivity index (χ3v) is 6.24. The maximum atomic E-state index is 13.9. The number of anilines is 2. The SMILES string of the molecule is Cc1ccc([C@H]2C[C@H](C(F)(F)F)n3nc(C(=O)NNC(=S)Nc4ccccc4C)cc3N2)cc1C. The molecule has 2 heterocycles. The lowest BCUT2D eigenvalue weighted by Crippen LogP contribution is -2.44. The van der Waals surface area contributed by atoms with Gasteiger partial charge in [-0.1, -0.05) is 36.4 Å². The predicted molar refractivity (Wildman–Crippen MR) is 132 cm³/mol. The second kappa shape index (κ2) is 9.57. The first-order chi connectivity index (χ1) is 16.5. The van der Waals surface area contributed by atoms with Crippen LogP contribution in [-0.4, -0.2) is 27.0 Å². The number of rotatable bonds is 3. The number of thiocarbonyl (C=S) groups is 1. The molecule has 1 amide bonds. The number of carbonyl (C=O) groups excluding carboxylic acids is 1. The summed E-state index contributed by atoms with van der Waals surface area (Å²) in [5.74, 6) is -0.598. The van der Waals surface area contributed by atoms with E-state index >= 15 is 0 Å². The second-order valence-electron chi connectivity index (χ2n) is 8.54. The third-order valence-electron chi connectivity index (χ3n) is 6.04. The number of carbonyl (C=O) groups is 1. The minimum absolute atomic E-state index is 0.118. The number of fused-ring (bicyclic) bond motifs is 1. The van der Waals surface area contributed by atoms with E-state index in [9.17, 15) is 18.0 Å². The lowest BCUT2D eigenvalue weighted by Gasteiger charge is -2.33. The number of nitrogens with one attached hydrogen (secondary N) is 4. The summed E-state index contributed by atoms with van der Waals surface area (Å²) in [6, 6.07) is 11.9. The number of hydrogen-bond acceptors (Lipinski definition) is 4. The summed E-state index contributed by atoms with van der Waals surface area (Å²) in [6.07, 6.45) is -4.78. The number of nitrogens with zero attached hydrogens (tertiary/aromatic N) is 2. The van der Waals surface area contributed by atoms with Gasteiger partial charge in [0, 0.05) is 18.2 Å². The average molecular weight is 503 g/mol. The summed E-state index contributed by atoms with van der Waals surface area (Å²) in [5.41, 5.74) is 9.27. The number of alkyl halides is 3. The highest BCUT2D eigenvalue weighted by Gasteiger charge is 2.46. The van der Waals surface area contributed by atoms with Gasteiger partial charge in [-0.05, 0) is 61.3 Å². The Hall–Kier alpha value is -3.60. The van der Waals surface area contributed by atoms with Crippen molar-refractivity contribution in [1.82, 2.24) is 20.6 Å². The molecule has 2 aromatic carbocycles. The Morgan fingerprint density at radius 2 is 1.80 bits per heavy atom. The van der Waals surface area contributed by atoms with Crippen LogP contribution in [0.1, 0.15) is 51.2 Å². The number of aryl methyl sites for hydroxylation is 3. The van der Waals surface area contributed by atoms with Gasteiger partial charge in [-0.3, -0.25) is 15.6 Å². The minimum Gasteiger partial charge on any atom is -0.363 e. The topological polar surface area (TPSA) is 83.0 Å². The molecule has 0 saturated carbocycles. The van der Waals surface area contributed by atoms with E-state index in [4.69, 9.17) is 12.2 Å². The summed E-state index contributed by atoms with van der Waals surface area (Å²) in [5, 5.41) is 10.1. The van der Waals surface area contributed by atoms with E-state index in [0.29, 0.717) is 0 Å². The molecule has 2 atom stereocenters. The Morgan fingerprint density at radius 1 is 1.06 bits per heavy atom. The van der Waals surface area contributed by atoms with Crippen LogP contribution in [-0.2, 0) is 0 Å². The van der Waals surface area contributed by atoms with E-state index < -0.39 is 24.2 Å². The number of hydrazine groups is 1. The van der Waals surface area contributed by atoms with Crippen LogP contribution in [0.5, 0.6) is 0 Å². The van der Waals surface area contributed by atoms with Crippen LogP contribution in [0, 0.1) is 20.8 Å². The van der Waals surface area contributed by atoms with Crippen LogP contribution in [0.2, 0.25) is 0 Å². The van der Waals surface area contributed by atoms with Crippen molar-refractivity contribution in [3.8, 4) is 0 Å². The molecular formula is C24H25F3N6OS. The summed E-state index contributed by atoms with van der Waals surface area (Å²) < 4.78 is 42.6. The molecule has 1 aromatic heterocycles. The first-order valence-corrected chi connectivity index (χ1v) is 11.4. The van der Waals surface area contributed by atoms with Crippen LogP contribution in [0.25, 0.3) is 0 Å². The molecule has 1 aliphatic rings. The van der Waals surface area contributed by atoms with Gasteiger partial charge in [0.1, 0.15) is 5.82 Å². The minimum atomic E-state index is -4.54. The molecule has 3 aromatic rings. The van der Waals surface area contributed by atoms with Gasteiger partial charge in [-0.25, -0.2) is 4.68 Å². The highest BCUT2D eigenvalue weighted by atomic mass is 32.1. The standard InChI is InChI=1S/C24H25F3N6OS/c1-13-8-9-16(10-15(13)3)18-11-20(24(25,26)27)33-21(28-18)12-19(32-33)22(34)30-31-23(35)29-17-7-5-4-6-14(17)2/h4-10,12,18,20,28H,11H2,1-3H3,(H,30,34)(H2,29,31,35)/t18-,20-/m1/s1. The number of hydrogen-bond donors (Lipinski definition) is 4. The van der Waals surface area contributed by atoms with Gasteiger partial charge in [-0.15, -0.1) is 0 Å². The van der Waals surface area contributed by atoms with E-state index in [1.165, 1.54) is 6.07 Å². The van der Waals surface area contributed by atoms with Gasteiger partial charge in [0.05, 0.1) is 6.04 Å². The number of para-hydroxylation sites is 1. The first-order valence-electron chi connectivity index (χ1n) is 11.0. The average Bonchev–Trinajstić information content (AvgIpc) is 3.24. The van der Waals surface area contributed by atoms with E-state index in [0.717, 1.165) is 32.6 Å². The normalized spacial score (nSPS) is 17.2. The fourth-order valence-electron chi connectivity index (χ4n) is 3.93. The van der Waals surface area contributed by atoms with E-state index in [1.54, 1.807) is 0 Å². The van der Waals surface area contributed by atoms with E-state index in [1.807, 2.05) is 63.2 Å². The Kier molecular flexibility index (Phi) is 6.70. The largest absolute Gasteiger partial charge is 0.410 e. The molecule has 4 N–H and O–H groups in total. The maximum Gasteiger partial charge on any atom is 0.410 e. The van der Waals surface area contributed by atoms with Gasteiger partial charge >= 0.3 is 6.18 Å². The fraction of sp³-hybridized carbons (Fsp3) is 0.292. The first kappa shape index (κ1) is 24.5. The number of benzene rings is 2. The monoisotopic (exact) mass is 502 g/mol. The molecule has 4 rings (SSSR count). The van der Waals surface area contributed by atoms with E-state index in [2.05, 4.69) is 26.6 Å². The zero-order valence-electron chi connectivity index (χ0n) is 19.3. The van der Waals surface area contributed by atoms with Crippen LogP contribution in [0.4, 0.5) is 24.7 Å². The summed E-state index contributed by atoms with van der Waals surface area (Å²) in [6.45, 7) is 5.76. The van der Waals surface area contributed by atoms with Crippen molar-refractivity contribution in [3.63, 3.8) is 0 Å². The van der Waals surface area contributed by atoms with Crippen LogP contribution >= 0.6 is 12.2 Å². The van der Waals surface area contributed by atoms with Gasteiger partial charge in [0.15, 0.2) is 16.8 Å². The predicted octanol–water partition coefficient (Wildman–Crippen LogP) is 5.10. The molecule has 0 fully saturated rings. The van der Waals surface area contributed by atoms with Gasteiger partial charge in [-0.2, -0.15) is 18.3 Å². The number of amides is 1. The van der Waals surface area contributed by atoms with Crippen molar-refractivity contribution >= 4 is 34.7 Å². The van der Waals surface area contributed by atoms with Gasteiger partial charge < -0.3 is 10.6 Å². The molecule has 0 unspecified atom stereocenters. The molecular weight excluding hydrogens is 477 g/mol. The van der Waals surface area contributed by atoms with Crippen molar-refractivity contribution in [2.45, 2.75) is 45.5 Å². The van der Waals surface area contributed by atoms with E-state index in [-0.39, 0.29) is 23.0 Å². The summed E-state index contributed by atoms with van der Waals surface area (Å²) in [7, 11) is 0. The highest BCUT2D eigenvalue weighted by Crippen LogP contribution is 2.43. The zero-order valence-corrected chi connectivity index (χ0v) is 20.1. The highest BCUT2D eigenvalue weighted by molar-refractivity contribution is 7.80. The van der Waals surface area contributed by atoms with Gasteiger partial charge in [0.2, 0.25) is 0 Å². The van der Waals surface area contributed by atoms with Crippen molar-refractivity contribution in [3.05, 3.63) is 76.5 Å². The molecule has 11 heteroatoms. The van der Waals surface area contributed by atoms with Crippen LogP contribution < -0.4 is 21.5 Å². The fourth-order valence-corrected chi connectivity index (χ4v) is 4.09. The Bertz CT molecular complexity index is 1270.